The highest BCUT2D eigenvalue weighted by Gasteiger charge is 2.33. The lowest BCUT2D eigenvalue weighted by Gasteiger charge is -2.34. The molecule has 0 fully saturated rings. The van der Waals surface area contributed by atoms with Crippen LogP contribution in [0.5, 0.6) is 17.2 Å². The van der Waals surface area contributed by atoms with E-state index in [0.717, 1.165) is 22.4 Å². The summed E-state index contributed by atoms with van der Waals surface area (Å²) in [6.45, 7) is 0.601. The SMILES string of the molecule is O=C(COc1ccc([C@@H]2c3cc(O)ccc3OC[C@H]2c2ccccc2)cc1)OCc1ccccc1. The molecule has 1 N–H and O–H groups in total. The van der Waals surface area contributed by atoms with Crippen molar-refractivity contribution in [3.63, 3.8) is 0 Å². The Bertz CT molecular complexity index is 1270. The van der Waals surface area contributed by atoms with Crippen molar-refractivity contribution in [2.45, 2.75) is 18.4 Å². The molecule has 0 saturated carbocycles. The summed E-state index contributed by atoms with van der Waals surface area (Å²) in [7, 11) is 0. The molecule has 0 amide bonds. The molecule has 5 rings (SSSR count). The third-order valence-corrected chi connectivity index (χ3v) is 6.22. The maximum Gasteiger partial charge on any atom is 0.344 e. The van der Waals surface area contributed by atoms with E-state index in [1.807, 2.05) is 78.9 Å². The Hall–Kier alpha value is -4.25. The predicted octanol–water partition coefficient (Wildman–Crippen LogP) is 5.82. The van der Waals surface area contributed by atoms with E-state index in [0.29, 0.717) is 12.4 Å². The molecule has 0 saturated heterocycles. The number of rotatable bonds is 7. The second-order valence-corrected chi connectivity index (χ2v) is 8.53. The summed E-state index contributed by atoms with van der Waals surface area (Å²) in [4.78, 5) is 12.1. The van der Waals surface area contributed by atoms with Gasteiger partial charge in [0.05, 0.1) is 6.61 Å². The molecule has 5 heteroatoms. The maximum absolute atomic E-state index is 12.1. The van der Waals surface area contributed by atoms with Gasteiger partial charge >= 0.3 is 5.97 Å². The molecule has 4 aromatic rings. The van der Waals surface area contributed by atoms with Crippen molar-refractivity contribution in [3.8, 4) is 17.2 Å². The van der Waals surface area contributed by atoms with Crippen LogP contribution in [0.3, 0.4) is 0 Å². The second kappa shape index (κ2) is 10.3. The van der Waals surface area contributed by atoms with Crippen LogP contribution in [0.25, 0.3) is 0 Å². The van der Waals surface area contributed by atoms with Crippen molar-refractivity contribution in [2.75, 3.05) is 13.2 Å². The molecular weight excluding hydrogens is 440 g/mol. The van der Waals surface area contributed by atoms with Crippen molar-refractivity contribution in [3.05, 3.63) is 125 Å². The van der Waals surface area contributed by atoms with E-state index in [1.165, 1.54) is 5.56 Å². The predicted molar refractivity (Wildman–Crippen MR) is 133 cm³/mol. The number of benzene rings is 4. The van der Waals surface area contributed by atoms with Crippen LogP contribution in [0.2, 0.25) is 0 Å². The molecule has 176 valence electrons. The van der Waals surface area contributed by atoms with Gasteiger partial charge in [0, 0.05) is 17.4 Å². The zero-order chi connectivity index (χ0) is 24.0. The first-order chi connectivity index (χ1) is 17.2. The topological polar surface area (TPSA) is 65.0 Å². The minimum atomic E-state index is -0.420. The fraction of sp³-hybridized carbons (Fsp3) is 0.167. The number of hydrogen-bond donors (Lipinski definition) is 1. The molecule has 0 aliphatic carbocycles. The molecule has 0 unspecified atom stereocenters. The Morgan fingerprint density at radius 3 is 2.31 bits per heavy atom. The fourth-order valence-electron chi connectivity index (χ4n) is 4.50. The minimum absolute atomic E-state index is 0.00172. The van der Waals surface area contributed by atoms with Gasteiger partial charge in [-0.3, -0.25) is 0 Å². The van der Waals surface area contributed by atoms with E-state index in [-0.39, 0.29) is 30.8 Å². The Morgan fingerprint density at radius 1 is 0.857 bits per heavy atom. The number of carbonyl (C=O) groups excluding carboxylic acids is 1. The first-order valence-corrected chi connectivity index (χ1v) is 11.6. The summed E-state index contributed by atoms with van der Waals surface area (Å²) in [6, 6.07) is 32.8. The van der Waals surface area contributed by atoms with Gasteiger partial charge in [-0.05, 0) is 47.0 Å². The Kier molecular flexibility index (Phi) is 6.66. The average molecular weight is 467 g/mol. The summed E-state index contributed by atoms with van der Waals surface area (Å²) < 4.78 is 17.0. The van der Waals surface area contributed by atoms with Crippen molar-refractivity contribution >= 4 is 5.97 Å². The molecule has 0 radical (unpaired) electrons. The van der Waals surface area contributed by atoms with Crippen LogP contribution in [0.1, 0.15) is 34.1 Å². The van der Waals surface area contributed by atoms with E-state index >= 15 is 0 Å². The summed E-state index contributed by atoms with van der Waals surface area (Å²) in [5.74, 6) is 1.24. The number of hydrogen-bond acceptors (Lipinski definition) is 5. The van der Waals surface area contributed by atoms with E-state index in [4.69, 9.17) is 14.2 Å². The van der Waals surface area contributed by atoms with Gasteiger partial charge in [0.25, 0.3) is 0 Å². The number of fused-ring (bicyclic) bond motifs is 1. The zero-order valence-electron chi connectivity index (χ0n) is 19.2. The second-order valence-electron chi connectivity index (χ2n) is 8.53. The Labute approximate surface area is 204 Å². The fourth-order valence-corrected chi connectivity index (χ4v) is 4.50. The largest absolute Gasteiger partial charge is 0.508 e. The molecule has 0 aromatic heterocycles. The third-order valence-electron chi connectivity index (χ3n) is 6.22. The van der Waals surface area contributed by atoms with E-state index in [1.54, 1.807) is 12.1 Å². The number of phenols is 1. The highest BCUT2D eigenvalue weighted by atomic mass is 16.6. The van der Waals surface area contributed by atoms with Crippen molar-refractivity contribution in [2.24, 2.45) is 0 Å². The highest BCUT2D eigenvalue weighted by molar-refractivity contribution is 5.71. The molecule has 4 aromatic carbocycles. The quantitative estimate of drug-likeness (QED) is 0.348. The number of esters is 1. The first kappa shape index (κ1) is 22.5. The molecule has 0 spiro atoms. The van der Waals surface area contributed by atoms with Crippen LogP contribution in [-0.2, 0) is 16.1 Å². The van der Waals surface area contributed by atoms with Gasteiger partial charge in [-0.25, -0.2) is 4.79 Å². The summed E-state index contributed by atoms with van der Waals surface area (Å²) in [5.41, 5.74) is 4.13. The third kappa shape index (κ3) is 5.30. The van der Waals surface area contributed by atoms with Crippen LogP contribution in [0.4, 0.5) is 0 Å². The van der Waals surface area contributed by atoms with E-state index < -0.39 is 5.97 Å². The van der Waals surface area contributed by atoms with Gasteiger partial charge in [-0.2, -0.15) is 0 Å². The molecule has 2 atom stereocenters. The molecule has 1 aliphatic rings. The summed E-state index contributed by atoms with van der Waals surface area (Å²) in [6.07, 6.45) is 0. The van der Waals surface area contributed by atoms with Crippen LogP contribution in [0.15, 0.2) is 103 Å². The number of carbonyl (C=O) groups is 1. The minimum Gasteiger partial charge on any atom is -0.508 e. The lowest BCUT2D eigenvalue weighted by atomic mass is 9.76. The van der Waals surface area contributed by atoms with Crippen LogP contribution >= 0.6 is 0 Å². The van der Waals surface area contributed by atoms with Gasteiger partial charge in [-0.1, -0.05) is 72.8 Å². The summed E-state index contributed by atoms with van der Waals surface area (Å²) in [5, 5.41) is 10.2. The maximum atomic E-state index is 12.1. The Balaban J connectivity index is 1.31. The van der Waals surface area contributed by atoms with Crippen molar-refractivity contribution in [1.82, 2.24) is 0 Å². The van der Waals surface area contributed by atoms with Gasteiger partial charge in [0.15, 0.2) is 6.61 Å². The molecule has 0 bridgehead atoms. The van der Waals surface area contributed by atoms with Gasteiger partial charge in [0.2, 0.25) is 0 Å². The Morgan fingerprint density at radius 2 is 1.57 bits per heavy atom. The number of aromatic hydroxyl groups is 1. The number of ether oxygens (including phenoxy) is 3. The van der Waals surface area contributed by atoms with Gasteiger partial charge in [-0.15, -0.1) is 0 Å². The monoisotopic (exact) mass is 466 g/mol. The standard InChI is InChI=1S/C30H26O5/c31-24-13-16-28-26(17-24)30(27(19-34-28)22-9-5-2-6-10-22)23-11-14-25(15-12-23)33-20-29(32)35-18-21-7-3-1-4-8-21/h1-17,27,30-31H,18-20H2/t27-,30+/m0/s1. The van der Waals surface area contributed by atoms with Gasteiger partial charge < -0.3 is 19.3 Å². The normalized spacial score (nSPS) is 16.6. The van der Waals surface area contributed by atoms with Crippen molar-refractivity contribution < 1.29 is 24.1 Å². The van der Waals surface area contributed by atoms with E-state index in [9.17, 15) is 9.90 Å². The van der Waals surface area contributed by atoms with Crippen molar-refractivity contribution in [1.29, 1.82) is 0 Å². The van der Waals surface area contributed by atoms with Gasteiger partial charge in [0.1, 0.15) is 23.9 Å². The molecular formula is C30H26O5. The number of phenolic OH excluding ortho intramolecular Hbond substituents is 1. The average Bonchev–Trinajstić information content (AvgIpc) is 2.91. The highest BCUT2D eigenvalue weighted by Crippen LogP contribution is 2.47. The molecule has 35 heavy (non-hydrogen) atoms. The first-order valence-electron chi connectivity index (χ1n) is 11.6. The van der Waals surface area contributed by atoms with Crippen LogP contribution in [-0.4, -0.2) is 24.3 Å². The molecule has 1 heterocycles. The molecule has 1 aliphatic heterocycles. The zero-order valence-corrected chi connectivity index (χ0v) is 19.2. The molecule has 5 nitrogen and oxygen atoms in total. The lowest BCUT2D eigenvalue weighted by Crippen LogP contribution is -2.25. The lowest BCUT2D eigenvalue weighted by molar-refractivity contribution is -0.147. The smallest absolute Gasteiger partial charge is 0.344 e. The van der Waals surface area contributed by atoms with Crippen LogP contribution < -0.4 is 9.47 Å². The van der Waals surface area contributed by atoms with Crippen LogP contribution in [0, 0.1) is 0 Å². The van der Waals surface area contributed by atoms with E-state index in [2.05, 4.69) is 12.1 Å². The summed E-state index contributed by atoms with van der Waals surface area (Å²) >= 11 is 0.